The first-order valence-electron chi connectivity index (χ1n) is 6.68. The molecule has 0 aromatic heterocycles. The van der Waals surface area contributed by atoms with Crippen molar-refractivity contribution >= 4 is 0 Å². The lowest BCUT2D eigenvalue weighted by Gasteiger charge is -2.13. The van der Waals surface area contributed by atoms with E-state index < -0.39 is 0 Å². The van der Waals surface area contributed by atoms with Crippen molar-refractivity contribution < 1.29 is 0 Å². The van der Waals surface area contributed by atoms with Crippen LogP contribution in [0.3, 0.4) is 0 Å². The normalized spacial score (nSPS) is 15.3. The van der Waals surface area contributed by atoms with Crippen molar-refractivity contribution in [3.8, 4) is 0 Å². The largest absolute Gasteiger partial charge is 0.103 e. The van der Waals surface area contributed by atoms with E-state index in [0.717, 1.165) is 11.8 Å². The van der Waals surface area contributed by atoms with Gasteiger partial charge in [-0.25, -0.2) is 0 Å². The molecule has 0 aliphatic carbocycles. The Morgan fingerprint density at radius 2 is 1.40 bits per heavy atom. The Bertz CT molecular complexity index is 146. The fraction of sp³-hybridized carbons (Fsp3) is 0.867. The minimum Gasteiger partial charge on any atom is -0.103 e. The van der Waals surface area contributed by atoms with Gasteiger partial charge in [-0.05, 0) is 24.2 Å². The summed E-state index contributed by atoms with van der Waals surface area (Å²) >= 11 is 0. The van der Waals surface area contributed by atoms with E-state index in [1.807, 2.05) is 0 Å². The van der Waals surface area contributed by atoms with Gasteiger partial charge in [-0.1, -0.05) is 65.9 Å². The summed E-state index contributed by atoms with van der Waals surface area (Å²) in [5.41, 5.74) is 0. The average Bonchev–Trinajstić information content (AvgIpc) is 2.17. The minimum atomic E-state index is 0.702. The SMILES string of the molecule is C=C[C@@H](C)CCC[C@@H](C)CCCC(C)C. The van der Waals surface area contributed by atoms with E-state index in [1.54, 1.807) is 0 Å². The molecule has 0 spiro atoms. The molecule has 2 atom stereocenters. The summed E-state index contributed by atoms with van der Waals surface area (Å²) < 4.78 is 0. The van der Waals surface area contributed by atoms with Gasteiger partial charge in [0, 0.05) is 0 Å². The molecule has 0 aliphatic heterocycles. The highest BCUT2D eigenvalue weighted by molar-refractivity contribution is 4.74. The van der Waals surface area contributed by atoms with Crippen LogP contribution in [0.2, 0.25) is 0 Å². The fourth-order valence-electron chi connectivity index (χ4n) is 1.93. The van der Waals surface area contributed by atoms with Crippen LogP contribution >= 0.6 is 0 Å². The second kappa shape index (κ2) is 9.00. The highest BCUT2D eigenvalue weighted by atomic mass is 14.1. The Balaban J connectivity index is 3.33. The van der Waals surface area contributed by atoms with E-state index >= 15 is 0 Å². The van der Waals surface area contributed by atoms with E-state index in [1.165, 1.54) is 38.5 Å². The molecule has 0 aromatic rings. The summed E-state index contributed by atoms with van der Waals surface area (Å²) in [7, 11) is 0. The Kier molecular flexibility index (Phi) is 8.85. The summed E-state index contributed by atoms with van der Waals surface area (Å²) in [6.07, 6.45) is 10.4. The summed E-state index contributed by atoms with van der Waals surface area (Å²) in [6.45, 7) is 13.1. The third-order valence-electron chi connectivity index (χ3n) is 3.24. The molecule has 90 valence electrons. The first kappa shape index (κ1) is 14.7. The van der Waals surface area contributed by atoms with Crippen LogP contribution in [0.1, 0.15) is 66.2 Å². The predicted molar refractivity (Wildman–Crippen MR) is 71.1 cm³/mol. The van der Waals surface area contributed by atoms with Crippen molar-refractivity contribution in [1.29, 1.82) is 0 Å². The van der Waals surface area contributed by atoms with Gasteiger partial charge in [0.2, 0.25) is 0 Å². The van der Waals surface area contributed by atoms with Crippen LogP contribution in [-0.2, 0) is 0 Å². The zero-order valence-corrected chi connectivity index (χ0v) is 11.3. The molecule has 0 heterocycles. The van der Waals surface area contributed by atoms with Crippen LogP contribution in [0.15, 0.2) is 12.7 Å². The Hall–Kier alpha value is -0.260. The van der Waals surface area contributed by atoms with Crippen LogP contribution in [0, 0.1) is 17.8 Å². The molecule has 0 saturated carbocycles. The first-order valence-corrected chi connectivity index (χ1v) is 6.68. The zero-order chi connectivity index (χ0) is 11.7. The van der Waals surface area contributed by atoms with E-state index in [-0.39, 0.29) is 0 Å². The Morgan fingerprint density at radius 3 is 1.87 bits per heavy atom. The smallest absolute Gasteiger partial charge is 0.0265 e. The number of hydrogen-bond donors (Lipinski definition) is 0. The number of hydrogen-bond acceptors (Lipinski definition) is 0. The lowest BCUT2D eigenvalue weighted by Crippen LogP contribution is -1.98. The van der Waals surface area contributed by atoms with Crippen LogP contribution < -0.4 is 0 Å². The van der Waals surface area contributed by atoms with Gasteiger partial charge in [-0.2, -0.15) is 0 Å². The summed E-state index contributed by atoms with van der Waals surface area (Å²) in [5.74, 6) is 2.49. The molecule has 0 heteroatoms. The van der Waals surface area contributed by atoms with Gasteiger partial charge in [0.25, 0.3) is 0 Å². The van der Waals surface area contributed by atoms with Crippen LogP contribution in [-0.4, -0.2) is 0 Å². The summed E-state index contributed by atoms with van der Waals surface area (Å²) in [5, 5.41) is 0. The van der Waals surface area contributed by atoms with Gasteiger partial charge in [0.1, 0.15) is 0 Å². The molecule has 0 fully saturated rings. The lowest BCUT2D eigenvalue weighted by molar-refractivity contribution is 0.413. The van der Waals surface area contributed by atoms with Crippen molar-refractivity contribution in [3.05, 3.63) is 12.7 Å². The van der Waals surface area contributed by atoms with Crippen molar-refractivity contribution in [2.45, 2.75) is 66.2 Å². The number of rotatable bonds is 9. The molecule has 0 saturated heterocycles. The molecular formula is C15H30. The molecule has 0 radical (unpaired) electrons. The summed E-state index contributed by atoms with van der Waals surface area (Å²) in [4.78, 5) is 0. The predicted octanol–water partition coefficient (Wildman–Crippen LogP) is 5.44. The third-order valence-corrected chi connectivity index (χ3v) is 3.24. The second-order valence-electron chi connectivity index (χ2n) is 5.57. The van der Waals surface area contributed by atoms with Crippen molar-refractivity contribution in [2.75, 3.05) is 0 Å². The fourth-order valence-corrected chi connectivity index (χ4v) is 1.93. The van der Waals surface area contributed by atoms with Crippen molar-refractivity contribution in [3.63, 3.8) is 0 Å². The molecule has 0 bridgehead atoms. The molecule has 0 aromatic carbocycles. The van der Waals surface area contributed by atoms with Gasteiger partial charge in [0.15, 0.2) is 0 Å². The van der Waals surface area contributed by atoms with Gasteiger partial charge in [-0.3, -0.25) is 0 Å². The average molecular weight is 210 g/mol. The summed E-state index contributed by atoms with van der Waals surface area (Å²) in [6, 6.07) is 0. The molecule has 0 amide bonds. The molecule has 15 heavy (non-hydrogen) atoms. The molecule has 0 N–H and O–H groups in total. The maximum absolute atomic E-state index is 3.83. The van der Waals surface area contributed by atoms with Gasteiger partial charge >= 0.3 is 0 Å². The minimum absolute atomic E-state index is 0.702. The maximum atomic E-state index is 3.83. The molecular weight excluding hydrogens is 180 g/mol. The van der Waals surface area contributed by atoms with Gasteiger partial charge in [0.05, 0.1) is 0 Å². The second-order valence-corrected chi connectivity index (χ2v) is 5.57. The van der Waals surface area contributed by atoms with E-state index in [9.17, 15) is 0 Å². The highest BCUT2D eigenvalue weighted by Crippen LogP contribution is 2.19. The quantitative estimate of drug-likeness (QED) is 0.444. The van der Waals surface area contributed by atoms with Gasteiger partial charge < -0.3 is 0 Å². The molecule has 0 aliphatic rings. The van der Waals surface area contributed by atoms with E-state index in [2.05, 4.69) is 40.3 Å². The maximum Gasteiger partial charge on any atom is -0.0265 e. The zero-order valence-electron chi connectivity index (χ0n) is 11.3. The molecule has 0 unspecified atom stereocenters. The van der Waals surface area contributed by atoms with Crippen LogP contribution in [0.5, 0.6) is 0 Å². The van der Waals surface area contributed by atoms with E-state index in [0.29, 0.717) is 5.92 Å². The van der Waals surface area contributed by atoms with Crippen molar-refractivity contribution in [2.24, 2.45) is 17.8 Å². The van der Waals surface area contributed by atoms with Crippen LogP contribution in [0.25, 0.3) is 0 Å². The first-order chi connectivity index (χ1) is 7.06. The van der Waals surface area contributed by atoms with E-state index in [4.69, 9.17) is 0 Å². The Labute approximate surface area is 97.2 Å². The third kappa shape index (κ3) is 10.0. The lowest BCUT2D eigenvalue weighted by atomic mass is 9.93. The molecule has 0 nitrogen and oxygen atoms in total. The van der Waals surface area contributed by atoms with Gasteiger partial charge in [-0.15, -0.1) is 6.58 Å². The highest BCUT2D eigenvalue weighted by Gasteiger charge is 2.04. The Morgan fingerprint density at radius 1 is 0.867 bits per heavy atom. The standard InChI is InChI=1S/C15H30/c1-6-14(4)10-8-12-15(5)11-7-9-13(2)3/h6,13-15H,1,7-12H2,2-5H3/t14-,15+/m1/s1. The van der Waals surface area contributed by atoms with Crippen LogP contribution in [0.4, 0.5) is 0 Å². The topological polar surface area (TPSA) is 0 Å². The van der Waals surface area contributed by atoms with Crippen molar-refractivity contribution in [1.82, 2.24) is 0 Å². The molecule has 0 rings (SSSR count). The monoisotopic (exact) mass is 210 g/mol. The number of allylic oxidation sites excluding steroid dienone is 1.